The van der Waals surface area contributed by atoms with E-state index in [-0.39, 0.29) is 18.4 Å². The van der Waals surface area contributed by atoms with Crippen LogP contribution in [-0.4, -0.2) is 38.2 Å². The minimum absolute atomic E-state index is 0.0778. The number of carbonyl (C=O) groups is 2. The molecular formula is C21H25BrN2O4. The molecule has 7 heteroatoms. The van der Waals surface area contributed by atoms with Crippen molar-refractivity contribution in [2.24, 2.45) is 0 Å². The molecule has 0 heterocycles. The monoisotopic (exact) mass is 448 g/mol. The van der Waals surface area contributed by atoms with Gasteiger partial charge in [-0.05, 0) is 36.2 Å². The van der Waals surface area contributed by atoms with E-state index in [1.54, 1.807) is 18.2 Å². The zero-order valence-corrected chi connectivity index (χ0v) is 17.5. The molecule has 2 aromatic rings. The van der Waals surface area contributed by atoms with Gasteiger partial charge in [-0.25, -0.2) is 0 Å². The van der Waals surface area contributed by atoms with Crippen LogP contribution in [0.25, 0.3) is 0 Å². The van der Waals surface area contributed by atoms with Gasteiger partial charge >= 0.3 is 0 Å². The Bertz CT molecular complexity index is 783. The lowest BCUT2D eigenvalue weighted by Gasteiger charge is -2.09. The minimum Gasteiger partial charge on any atom is -0.379 e. The summed E-state index contributed by atoms with van der Waals surface area (Å²) in [5, 5.41) is 5.42. The van der Waals surface area contributed by atoms with Gasteiger partial charge in [0.05, 0.1) is 26.4 Å². The average molecular weight is 449 g/mol. The highest BCUT2D eigenvalue weighted by Gasteiger charge is 2.08. The summed E-state index contributed by atoms with van der Waals surface area (Å²) in [4.78, 5) is 24.1. The smallest absolute Gasteiger partial charge is 0.251 e. The molecule has 2 amide bonds. The van der Waals surface area contributed by atoms with Crippen LogP contribution in [0.5, 0.6) is 0 Å². The highest BCUT2D eigenvalue weighted by atomic mass is 79.9. The Morgan fingerprint density at radius 2 is 1.71 bits per heavy atom. The van der Waals surface area contributed by atoms with E-state index in [0.29, 0.717) is 38.5 Å². The summed E-state index contributed by atoms with van der Waals surface area (Å²) in [5.41, 5.74) is 2.50. The fraction of sp³-hybridized carbons (Fsp3) is 0.333. The standard InChI is InChI=1S/C21H25BrN2O4/c1-2-27-9-10-28-15-17-6-3-5-16(11-17)13-23-20(25)14-24-21(26)18-7-4-8-19(22)12-18/h3-8,11-12H,2,9-10,13-15H2,1H3,(H,23,25)(H,24,26). The number of ether oxygens (including phenoxy) is 2. The van der Waals surface area contributed by atoms with E-state index in [4.69, 9.17) is 9.47 Å². The number of hydrogen-bond acceptors (Lipinski definition) is 4. The van der Waals surface area contributed by atoms with E-state index in [0.717, 1.165) is 15.6 Å². The van der Waals surface area contributed by atoms with Gasteiger partial charge in [-0.3, -0.25) is 9.59 Å². The molecule has 0 bridgehead atoms. The molecule has 2 aromatic carbocycles. The molecule has 0 saturated carbocycles. The largest absolute Gasteiger partial charge is 0.379 e. The van der Waals surface area contributed by atoms with Crippen LogP contribution in [0, 0.1) is 0 Å². The maximum atomic E-state index is 12.1. The Balaban J connectivity index is 1.72. The third-order valence-corrected chi connectivity index (χ3v) is 4.32. The normalized spacial score (nSPS) is 10.5. The summed E-state index contributed by atoms with van der Waals surface area (Å²) in [7, 11) is 0. The van der Waals surface area contributed by atoms with Crippen LogP contribution < -0.4 is 10.6 Å². The van der Waals surface area contributed by atoms with Crippen molar-refractivity contribution in [1.82, 2.24) is 10.6 Å². The maximum Gasteiger partial charge on any atom is 0.251 e. The van der Waals surface area contributed by atoms with E-state index >= 15 is 0 Å². The first-order valence-corrected chi connectivity index (χ1v) is 9.91. The van der Waals surface area contributed by atoms with Crippen molar-refractivity contribution < 1.29 is 19.1 Å². The zero-order chi connectivity index (χ0) is 20.2. The van der Waals surface area contributed by atoms with Crippen molar-refractivity contribution in [2.75, 3.05) is 26.4 Å². The van der Waals surface area contributed by atoms with Crippen LogP contribution in [0.4, 0.5) is 0 Å². The van der Waals surface area contributed by atoms with Gasteiger partial charge in [0, 0.05) is 23.2 Å². The van der Waals surface area contributed by atoms with Crippen LogP contribution in [-0.2, 0) is 27.4 Å². The van der Waals surface area contributed by atoms with Gasteiger partial charge in [-0.15, -0.1) is 0 Å². The molecule has 0 spiro atoms. The highest BCUT2D eigenvalue weighted by molar-refractivity contribution is 9.10. The summed E-state index contributed by atoms with van der Waals surface area (Å²) in [6.07, 6.45) is 0. The Morgan fingerprint density at radius 1 is 0.964 bits per heavy atom. The predicted molar refractivity (Wildman–Crippen MR) is 111 cm³/mol. The summed E-state index contributed by atoms with van der Waals surface area (Å²) in [6, 6.07) is 14.8. The Hall–Kier alpha value is -2.22. The van der Waals surface area contributed by atoms with E-state index in [1.165, 1.54) is 0 Å². The van der Waals surface area contributed by atoms with Gasteiger partial charge in [0.25, 0.3) is 5.91 Å². The molecule has 0 radical (unpaired) electrons. The van der Waals surface area contributed by atoms with Gasteiger partial charge in [-0.1, -0.05) is 46.3 Å². The Morgan fingerprint density at radius 3 is 2.50 bits per heavy atom. The van der Waals surface area contributed by atoms with Gasteiger partial charge in [0.2, 0.25) is 5.91 Å². The van der Waals surface area contributed by atoms with E-state index in [9.17, 15) is 9.59 Å². The average Bonchev–Trinajstić information content (AvgIpc) is 2.70. The number of hydrogen-bond donors (Lipinski definition) is 2. The van der Waals surface area contributed by atoms with Crippen molar-refractivity contribution in [3.63, 3.8) is 0 Å². The summed E-state index contributed by atoms with van der Waals surface area (Å²) in [5.74, 6) is -0.538. The number of nitrogens with one attached hydrogen (secondary N) is 2. The number of benzene rings is 2. The predicted octanol–water partition coefficient (Wildman–Crippen LogP) is 3.05. The van der Waals surface area contributed by atoms with Gasteiger partial charge in [-0.2, -0.15) is 0 Å². The second-order valence-corrected chi connectivity index (χ2v) is 6.95. The van der Waals surface area contributed by atoms with Gasteiger partial charge in [0.1, 0.15) is 0 Å². The van der Waals surface area contributed by atoms with Crippen LogP contribution >= 0.6 is 15.9 Å². The number of halogens is 1. The molecule has 150 valence electrons. The molecule has 0 atom stereocenters. The van der Waals surface area contributed by atoms with Crippen LogP contribution in [0.2, 0.25) is 0 Å². The second-order valence-electron chi connectivity index (χ2n) is 6.04. The van der Waals surface area contributed by atoms with Crippen molar-refractivity contribution in [1.29, 1.82) is 0 Å². The maximum absolute atomic E-state index is 12.1. The minimum atomic E-state index is -0.289. The molecule has 0 unspecified atom stereocenters. The Kier molecular flexibility index (Phi) is 9.68. The molecule has 2 rings (SSSR count). The van der Waals surface area contributed by atoms with Crippen molar-refractivity contribution >= 4 is 27.7 Å². The van der Waals surface area contributed by atoms with E-state index in [2.05, 4.69) is 26.6 Å². The number of carbonyl (C=O) groups excluding carboxylic acids is 2. The van der Waals surface area contributed by atoms with Crippen molar-refractivity contribution in [3.8, 4) is 0 Å². The summed E-state index contributed by atoms with van der Waals surface area (Å²) in [6.45, 7) is 4.57. The topological polar surface area (TPSA) is 76.7 Å². The lowest BCUT2D eigenvalue weighted by Crippen LogP contribution is -2.36. The first-order valence-electron chi connectivity index (χ1n) is 9.12. The van der Waals surface area contributed by atoms with Gasteiger partial charge in [0.15, 0.2) is 0 Å². The van der Waals surface area contributed by atoms with Crippen molar-refractivity contribution in [3.05, 3.63) is 69.7 Å². The summed E-state index contributed by atoms with van der Waals surface area (Å²) < 4.78 is 11.6. The molecule has 0 aromatic heterocycles. The molecule has 0 fully saturated rings. The third kappa shape index (κ3) is 8.21. The molecule has 0 aliphatic heterocycles. The molecular weight excluding hydrogens is 424 g/mol. The Labute approximate surface area is 173 Å². The van der Waals surface area contributed by atoms with Crippen LogP contribution in [0.15, 0.2) is 53.0 Å². The molecule has 2 N–H and O–H groups in total. The molecule has 0 aliphatic carbocycles. The quantitative estimate of drug-likeness (QED) is 0.517. The first-order chi connectivity index (χ1) is 13.6. The third-order valence-electron chi connectivity index (χ3n) is 3.82. The number of amides is 2. The zero-order valence-electron chi connectivity index (χ0n) is 15.9. The highest BCUT2D eigenvalue weighted by Crippen LogP contribution is 2.11. The lowest BCUT2D eigenvalue weighted by atomic mass is 10.1. The molecule has 0 saturated heterocycles. The first kappa shape index (κ1) is 22.1. The van der Waals surface area contributed by atoms with Crippen molar-refractivity contribution in [2.45, 2.75) is 20.1 Å². The second kappa shape index (κ2) is 12.3. The fourth-order valence-electron chi connectivity index (χ4n) is 2.44. The van der Waals surface area contributed by atoms with Gasteiger partial charge < -0.3 is 20.1 Å². The van der Waals surface area contributed by atoms with Crippen LogP contribution in [0.1, 0.15) is 28.4 Å². The molecule has 28 heavy (non-hydrogen) atoms. The molecule has 0 aliphatic rings. The van der Waals surface area contributed by atoms with E-state index < -0.39 is 0 Å². The fourth-order valence-corrected chi connectivity index (χ4v) is 2.84. The van der Waals surface area contributed by atoms with Crippen LogP contribution in [0.3, 0.4) is 0 Å². The number of rotatable bonds is 11. The lowest BCUT2D eigenvalue weighted by molar-refractivity contribution is -0.120. The van der Waals surface area contributed by atoms with E-state index in [1.807, 2.05) is 37.3 Å². The SMILES string of the molecule is CCOCCOCc1cccc(CNC(=O)CNC(=O)c2cccc(Br)c2)c1. The summed E-state index contributed by atoms with van der Waals surface area (Å²) >= 11 is 3.32. The molecule has 6 nitrogen and oxygen atoms in total.